The summed E-state index contributed by atoms with van der Waals surface area (Å²) >= 11 is 0. The fraction of sp³-hybridized carbons (Fsp3) is 0.750. The third-order valence-corrected chi connectivity index (χ3v) is 1.80. The Hall–Kier alpha value is -0.370. The van der Waals surface area contributed by atoms with E-state index in [1.165, 1.54) is 0 Å². The molecule has 1 aliphatic heterocycles. The van der Waals surface area contributed by atoms with Crippen LogP contribution in [0.15, 0.2) is 0 Å². The van der Waals surface area contributed by atoms with Gasteiger partial charge in [0.2, 0.25) is 0 Å². The summed E-state index contributed by atoms with van der Waals surface area (Å²) in [5.41, 5.74) is 0.336. The van der Waals surface area contributed by atoms with E-state index in [-0.39, 0.29) is 0 Å². The molecule has 0 saturated carbocycles. The van der Waals surface area contributed by atoms with Gasteiger partial charge in [0.25, 0.3) is 0 Å². The van der Waals surface area contributed by atoms with Crippen molar-refractivity contribution in [3.8, 4) is 0 Å². The van der Waals surface area contributed by atoms with E-state index in [0.29, 0.717) is 11.8 Å². The molecule has 0 aromatic carbocycles. The molecule has 0 amide bonds. The zero-order chi connectivity index (χ0) is 7.45. The van der Waals surface area contributed by atoms with Crippen LogP contribution in [0.4, 0.5) is 0 Å². The maximum atomic E-state index is 9.93. The van der Waals surface area contributed by atoms with Crippen molar-refractivity contribution in [2.45, 2.75) is 19.8 Å². The summed E-state index contributed by atoms with van der Waals surface area (Å²) in [5.74, 6) is 0. The summed E-state index contributed by atoms with van der Waals surface area (Å²) in [5, 5.41) is 0. The van der Waals surface area contributed by atoms with E-state index >= 15 is 0 Å². The highest BCUT2D eigenvalue weighted by Gasteiger charge is 2.32. The highest BCUT2D eigenvalue weighted by atomic mass is 16.5. The van der Waals surface area contributed by atoms with Crippen LogP contribution in [-0.2, 0) is 9.53 Å². The van der Waals surface area contributed by atoms with Gasteiger partial charge in [-0.05, 0) is 12.8 Å². The van der Waals surface area contributed by atoms with Crippen molar-refractivity contribution < 1.29 is 9.53 Å². The summed E-state index contributed by atoms with van der Waals surface area (Å²) in [7, 11) is 0. The van der Waals surface area contributed by atoms with Crippen molar-refractivity contribution in [1.29, 1.82) is 0 Å². The van der Waals surface area contributed by atoms with Gasteiger partial charge < -0.3 is 9.53 Å². The lowest BCUT2D eigenvalue weighted by atomic mass is 9.83. The molecule has 1 aliphatic rings. The number of carbonyl (C=O) groups is 1. The lowest BCUT2D eigenvalue weighted by Crippen LogP contribution is -2.39. The lowest BCUT2D eigenvalue weighted by molar-refractivity contribution is -0.109. The topological polar surface area (TPSA) is 26.3 Å². The van der Waals surface area contributed by atoms with Gasteiger partial charge in [0.15, 0.2) is 0 Å². The Balaban J connectivity index is 2.06. The van der Waals surface area contributed by atoms with Crippen LogP contribution in [-0.4, -0.2) is 19.5 Å². The van der Waals surface area contributed by atoms with Gasteiger partial charge in [-0.3, -0.25) is 0 Å². The van der Waals surface area contributed by atoms with Gasteiger partial charge in [0.05, 0.1) is 13.2 Å². The standard InChI is InChI=1S/C8H13O2/c1-8(6-10-7-8)4-2-3-5-9/h2,5H,3-4,6-7H2,1H3. The molecular formula is C8H13O2. The molecule has 57 valence electrons. The molecular weight excluding hydrogens is 128 g/mol. The molecule has 2 nitrogen and oxygen atoms in total. The van der Waals surface area contributed by atoms with Crippen LogP contribution >= 0.6 is 0 Å². The number of hydrogen-bond acceptors (Lipinski definition) is 2. The normalized spacial score (nSPS) is 21.7. The van der Waals surface area contributed by atoms with E-state index < -0.39 is 0 Å². The molecule has 2 heteroatoms. The van der Waals surface area contributed by atoms with Gasteiger partial charge in [0, 0.05) is 11.8 Å². The molecule has 0 N–H and O–H groups in total. The monoisotopic (exact) mass is 141 g/mol. The van der Waals surface area contributed by atoms with Crippen molar-refractivity contribution >= 4 is 6.29 Å². The molecule has 0 bridgehead atoms. The van der Waals surface area contributed by atoms with Gasteiger partial charge in [0.1, 0.15) is 6.29 Å². The average Bonchev–Trinajstić information content (AvgIpc) is 1.85. The molecule has 0 spiro atoms. The van der Waals surface area contributed by atoms with E-state index in [9.17, 15) is 4.79 Å². The molecule has 1 radical (unpaired) electrons. The second kappa shape index (κ2) is 3.15. The number of rotatable bonds is 4. The molecule has 0 aromatic rings. The van der Waals surface area contributed by atoms with E-state index in [0.717, 1.165) is 25.9 Å². The molecule has 0 atom stereocenters. The summed E-state index contributed by atoms with van der Waals surface area (Å²) in [6.45, 7) is 3.88. The molecule has 1 saturated heterocycles. The lowest BCUT2D eigenvalue weighted by Gasteiger charge is -2.37. The Bertz CT molecular complexity index is 116. The zero-order valence-corrected chi connectivity index (χ0v) is 6.30. The van der Waals surface area contributed by atoms with Crippen molar-refractivity contribution in [1.82, 2.24) is 0 Å². The minimum absolute atomic E-state index is 0.336. The van der Waals surface area contributed by atoms with Crippen molar-refractivity contribution in [2.24, 2.45) is 5.41 Å². The fourth-order valence-corrected chi connectivity index (χ4v) is 1.07. The molecule has 0 unspecified atom stereocenters. The maximum Gasteiger partial charge on any atom is 0.120 e. The first-order valence-corrected chi connectivity index (χ1v) is 3.60. The third kappa shape index (κ3) is 1.81. The highest BCUT2D eigenvalue weighted by Crippen LogP contribution is 2.31. The Morgan fingerprint density at radius 2 is 2.30 bits per heavy atom. The van der Waals surface area contributed by atoms with E-state index in [1.54, 1.807) is 0 Å². The Morgan fingerprint density at radius 3 is 2.70 bits per heavy atom. The Morgan fingerprint density at radius 1 is 1.60 bits per heavy atom. The Kier molecular flexibility index (Phi) is 2.44. The molecule has 0 aliphatic carbocycles. The highest BCUT2D eigenvalue weighted by molar-refractivity contribution is 5.51. The predicted octanol–water partition coefficient (Wildman–Crippen LogP) is 1.21. The smallest absolute Gasteiger partial charge is 0.120 e. The van der Waals surface area contributed by atoms with Gasteiger partial charge in [-0.1, -0.05) is 6.92 Å². The largest absolute Gasteiger partial charge is 0.380 e. The minimum Gasteiger partial charge on any atom is -0.380 e. The summed E-state index contributed by atoms with van der Waals surface area (Å²) in [6, 6.07) is 0. The number of ether oxygens (including phenoxy) is 1. The van der Waals surface area contributed by atoms with Gasteiger partial charge in [-0.2, -0.15) is 0 Å². The minimum atomic E-state index is 0.336. The molecule has 1 rings (SSSR count). The molecule has 0 aromatic heterocycles. The van der Waals surface area contributed by atoms with E-state index in [4.69, 9.17) is 4.74 Å². The first kappa shape index (κ1) is 7.73. The number of hydrogen-bond donors (Lipinski definition) is 0. The molecule has 1 heterocycles. The molecule has 10 heavy (non-hydrogen) atoms. The van der Waals surface area contributed by atoms with Crippen molar-refractivity contribution in [3.63, 3.8) is 0 Å². The predicted molar refractivity (Wildman–Crippen MR) is 38.5 cm³/mol. The first-order valence-electron chi connectivity index (χ1n) is 3.60. The second-order valence-electron chi connectivity index (χ2n) is 3.20. The summed E-state index contributed by atoms with van der Waals surface area (Å²) in [4.78, 5) is 9.93. The van der Waals surface area contributed by atoms with E-state index in [1.807, 2.05) is 6.42 Å². The third-order valence-electron chi connectivity index (χ3n) is 1.80. The maximum absolute atomic E-state index is 9.93. The quantitative estimate of drug-likeness (QED) is 0.434. The van der Waals surface area contributed by atoms with Crippen LogP contribution in [0, 0.1) is 11.8 Å². The Labute approximate surface area is 61.6 Å². The number of carbonyl (C=O) groups excluding carboxylic acids is 1. The van der Waals surface area contributed by atoms with Crippen molar-refractivity contribution in [3.05, 3.63) is 6.42 Å². The van der Waals surface area contributed by atoms with Crippen molar-refractivity contribution in [2.75, 3.05) is 13.2 Å². The second-order valence-corrected chi connectivity index (χ2v) is 3.20. The molecule has 1 fully saturated rings. The van der Waals surface area contributed by atoms with Crippen LogP contribution in [0.25, 0.3) is 0 Å². The fourth-order valence-electron chi connectivity index (χ4n) is 1.07. The van der Waals surface area contributed by atoms with E-state index in [2.05, 4.69) is 6.92 Å². The zero-order valence-electron chi connectivity index (χ0n) is 6.30. The van der Waals surface area contributed by atoms with Crippen LogP contribution in [0.5, 0.6) is 0 Å². The first-order chi connectivity index (χ1) is 4.77. The van der Waals surface area contributed by atoms with Crippen LogP contribution in [0.1, 0.15) is 19.8 Å². The van der Waals surface area contributed by atoms with Crippen LogP contribution in [0.3, 0.4) is 0 Å². The van der Waals surface area contributed by atoms with Gasteiger partial charge >= 0.3 is 0 Å². The van der Waals surface area contributed by atoms with Gasteiger partial charge in [-0.15, -0.1) is 0 Å². The SMILES string of the molecule is CC1(C[CH]CC=O)COC1. The van der Waals surface area contributed by atoms with Gasteiger partial charge in [-0.25, -0.2) is 0 Å². The summed E-state index contributed by atoms with van der Waals surface area (Å²) in [6.07, 6.45) is 4.54. The van der Waals surface area contributed by atoms with Crippen LogP contribution in [0.2, 0.25) is 0 Å². The number of unbranched alkanes of at least 4 members (excludes halogenated alkanes) is 1. The summed E-state index contributed by atoms with van der Waals surface area (Å²) < 4.78 is 5.06. The average molecular weight is 141 g/mol. The number of aldehydes is 1. The van der Waals surface area contributed by atoms with Crippen LogP contribution < -0.4 is 0 Å².